The molecule has 108 valence electrons. The standard InChI is InChI=1S/C13H23N3O3/c17-12(16-6-2-1-3-7-16)10-14-13(18)15-11-4-8-19-9-5-11/h11H,1-10H2,(H2,14,15,18). The Bertz CT molecular complexity index is 310. The van der Waals surface area contributed by atoms with Crippen molar-refractivity contribution in [3.05, 3.63) is 0 Å². The molecular formula is C13H23N3O3. The lowest BCUT2D eigenvalue weighted by molar-refractivity contribution is -0.130. The SMILES string of the molecule is O=C(NCC(=O)N1CCCCC1)NC1CCOCC1. The van der Waals surface area contributed by atoms with Gasteiger partial charge in [-0.15, -0.1) is 0 Å². The third-order valence-electron chi connectivity index (χ3n) is 3.67. The van der Waals surface area contributed by atoms with Gasteiger partial charge in [0, 0.05) is 32.3 Å². The number of likely N-dealkylation sites (tertiary alicyclic amines) is 1. The molecule has 2 N–H and O–H groups in total. The summed E-state index contributed by atoms with van der Waals surface area (Å²) in [7, 11) is 0. The number of piperidine rings is 1. The monoisotopic (exact) mass is 269 g/mol. The number of carbonyl (C=O) groups excluding carboxylic acids is 2. The van der Waals surface area contributed by atoms with E-state index in [0.29, 0.717) is 13.2 Å². The highest BCUT2D eigenvalue weighted by Crippen LogP contribution is 2.08. The number of carbonyl (C=O) groups is 2. The quantitative estimate of drug-likeness (QED) is 0.783. The summed E-state index contributed by atoms with van der Waals surface area (Å²) in [5.74, 6) is 0.0156. The zero-order valence-corrected chi connectivity index (χ0v) is 11.3. The van der Waals surface area contributed by atoms with Crippen LogP contribution in [0.15, 0.2) is 0 Å². The first-order valence-corrected chi connectivity index (χ1v) is 7.15. The highest BCUT2D eigenvalue weighted by molar-refractivity contribution is 5.84. The number of rotatable bonds is 3. The maximum absolute atomic E-state index is 11.9. The van der Waals surface area contributed by atoms with Crippen LogP contribution in [0.4, 0.5) is 4.79 Å². The van der Waals surface area contributed by atoms with Crippen LogP contribution in [-0.4, -0.2) is 55.7 Å². The minimum Gasteiger partial charge on any atom is -0.381 e. The molecule has 6 heteroatoms. The molecule has 2 aliphatic rings. The van der Waals surface area contributed by atoms with Gasteiger partial charge in [-0.25, -0.2) is 4.79 Å². The third kappa shape index (κ3) is 4.70. The molecule has 0 bridgehead atoms. The van der Waals surface area contributed by atoms with E-state index in [-0.39, 0.29) is 24.5 Å². The van der Waals surface area contributed by atoms with E-state index in [1.807, 2.05) is 4.90 Å². The summed E-state index contributed by atoms with van der Waals surface area (Å²) in [5.41, 5.74) is 0. The number of nitrogens with one attached hydrogen (secondary N) is 2. The summed E-state index contributed by atoms with van der Waals surface area (Å²) in [5, 5.41) is 5.52. The van der Waals surface area contributed by atoms with Crippen LogP contribution in [0.2, 0.25) is 0 Å². The van der Waals surface area contributed by atoms with E-state index in [1.54, 1.807) is 0 Å². The Hall–Kier alpha value is -1.30. The Kier molecular flexibility index (Phi) is 5.44. The number of hydrogen-bond acceptors (Lipinski definition) is 3. The van der Waals surface area contributed by atoms with Gasteiger partial charge in [-0.2, -0.15) is 0 Å². The van der Waals surface area contributed by atoms with Gasteiger partial charge < -0.3 is 20.3 Å². The van der Waals surface area contributed by atoms with E-state index >= 15 is 0 Å². The molecule has 19 heavy (non-hydrogen) atoms. The average Bonchev–Trinajstić information content (AvgIpc) is 2.47. The summed E-state index contributed by atoms with van der Waals surface area (Å²) in [6.07, 6.45) is 5.02. The molecule has 0 spiro atoms. The van der Waals surface area contributed by atoms with Gasteiger partial charge in [-0.05, 0) is 32.1 Å². The summed E-state index contributed by atoms with van der Waals surface area (Å²) in [6, 6.07) is -0.0869. The van der Waals surface area contributed by atoms with Crippen LogP contribution in [0.1, 0.15) is 32.1 Å². The van der Waals surface area contributed by atoms with Gasteiger partial charge in [0.1, 0.15) is 0 Å². The average molecular weight is 269 g/mol. The zero-order chi connectivity index (χ0) is 13.5. The fourth-order valence-electron chi connectivity index (χ4n) is 2.49. The van der Waals surface area contributed by atoms with Crippen molar-refractivity contribution in [1.29, 1.82) is 0 Å². The van der Waals surface area contributed by atoms with E-state index in [9.17, 15) is 9.59 Å². The van der Waals surface area contributed by atoms with Gasteiger partial charge in [0.15, 0.2) is 0 Å². The van der Waals surface area contributed by atoms with Gasteiger partial charge in [-0.1, -0.05) is 0 Å². The maximum Gasteiger partial charge on any atom is 0.315 e. The minimum absolute atomic E-state index is 0.0156. The van der Waals surface area contributed by atoms with Gasteiger partial charge in [-0.3, -0.25) is 4.79 Å². The topological polar surface area (TPSA) is 70.7 Å². The van der Waals surface area contributed by atoms with Crippen LogP contribution in [0.25, 0.3) is 0 Å². The molecule has 6 nitrogen and oxygen atoms in total. The van der Waals surface area contributed by atoms with E-state index in [4.69, 9.17) is 4.74 Å². The van der Waals surface area contributed by atoms with E-state index in [1.165, 1.54) is 6.42 Å². The molecule has 0 aliphatic carbocycles. The second-order valence-corrected chi connectivity index (χ2v) is 5.16. The van der Waals surface area contributed by atoms with Gasteiger partial charge in [0.2, 0.25) is 5.91 Å². The smallest absolute Gasteiger partial charge is 0.315 e. The first-order chi connectivity index (χ1) is 9.25. The molecule has 2 saturated heterocycles. The second kappa shape index (κ2) is 7.33. The summed E-state index contributed by atoms with van der Waals surface area (Å²) in [4.78, 5) is 25.4. The summed E-state index contributed by atoms with van der Waals surface area (Å²) >= 11 is 0. The molecule has 0 aromatic carbocycles. The number of hydrogen-bond donors (Lipinski definition) is 2. The molecule has 2 heterocycles. The van der Waals surface area contributed by atoms with Gasteiger partial charge in [0.05, 0.1) is 6.54 Å². The molecule has 0 atom stereocenters. The van der Waals surface area contributed by atoms with Crippen LogP contribution in [0.5, 0.6) is 0 Å². The molecule has 0 aromatic rings. The van der Waals surface area contributed by atoms with E-state index < -0.39 is 0 Å². The van der Waals surface area contributed by atoms with Crippen LogP contribution in [0.3, 0.4) is 0 Å². The van der Waals surface area contributed by atoms with Gasteiger partial charge in [0.25, 0.3) is 0 Å². The van der Waals surface area contributed by atoms with E-state index in [2.05, 4.69) is 10.6 Å². The molecule has 2 fully saturated rings. The number of amides is 3. The molecule has 2 rings (SSSR count). The number of ether oxygens (including phenoxy) is 1. The second-order valence-electron chi connectivity index (χ2n) is 5.16. The van der Waals surface area contributed by atoms with Crippen molar-refractivity contribution in [2.45, 2.75) is 38.1 Å². The van der Waals surface area contributed by atoms with Crippen LogP contribution < -0.4 is 10.6 Å². The Morgan fingerprint density at radius 1 is 1.11 bits per heavy atom. The van der Waals surface area contributed by atoms with Crippen LogP contribution >= 0.6 is 0 Å². The number of nitrogens with zero attached hydrogens (tertiary/aromatic N) is 1. The lowest BCUT2D eigenvalue weighted by Crippen LogP contribution is -2.48. The fraction of sp³-hybridized carbons (Fsp3) is 0.846. The highest BCUT2D eigenvalue weighted by Gasteiger charge is 2.19. The molecule has 0 unspecified atom stereocenters. The van der Waals surface area contributed by atoms with Crippen molar-refractivity contribution in [3.8, 4) is 0 Å². The molecule has 0 radical (unpaired) electrons. The third-order valence-corrected chi connectivity index (χ3v) is 3.67. The minimum atomic E-state index is -0.253. The van der Waals surface area contributed by atoms with Crippen molar-refractivity contribution in [1.82, 2.24) is 15.5 Å². The normalized spacial score (nSPS) is 20.9. The van der Waals surface area contributed by atoms with Crippen LogP contribution in [0, 0.1) is 0 Å². The first kappa shape index (κ1) is 14.1. The summed E-state index contributed by atoms with van der Waals surface area (Å²) < 4.78 is 5.23. The molecular weight excluding hydrogens is 246 g/mol. The lowest BCUT2D eigenvalue weighted by Gasteiger charge is -2.27. The summed E-state index contributed by atoms with van der Waals surface area (Å²) in [6.45, 7) is 3.12. The molecule has 0 saturated carbocycles. The Morgan fingerprint density at radius 3 is 2.47 bits per heavy atom. The van der Waals surface area contributed by atoms with E-state index in [0.717, 1.165) is 38.8 Å². The van der Waals surface area contributed by atoms with Crippen molar-refractivity contribution < 1.29 is 14.3 Å². The Morgan fingerprint density at radius 2 is 1.79 bits per heavy atom. The van der Waals surface area contributed by atoms with Crippen molar-refractivity contribution >= 4 is 11.9 Å². The highest BCUT2D eigenvalue weighted by atomic mass is 16.5. The number of urea groups is 1. The van der Waals surface area contributed by atoms with Crippen molar-refractivity contribution in [2.24, 2.45) is 0 Å². The van der Waals surface area contributed by atoms with Crippen molar-refractivity contribution in [2.75, 3.05) is 32.8 Å². The van der Waals surface area contributed by atoms with Gasteiger partial charge >= 0.3 is 6.03 Å². The molecule has 2 aliphatic heterocycles. The Balaban J connectivity index is 1.63. The fourth-order valence-corrected chi connectivity index (χ4v) is 2.49. The lowest BCUT2D eigenvalue weighted by atomic mass is 10.1. The maximum atomic E-state index is 11.9. The Labute approximate surface area is 113 Å². The first-order valence-electron chi connectivity index (χ1n) is 7.15. The zero-order valence-electron chi connectivity index (χ0n) is 11.3. The van der Waals surface area contributed by atoms with Crippen LogP contribution in [-0.2, 0) is 9.53 Å². The predicted octanol–water partition coefficient (Wildman–Crippen LogP) is 0.477. The predicted molar refractivity (Wildman–Crippen MR) is 70.8 cm³/mol. The largest absolute Gasteiger partial charge is 0.381 e. The molecule has 3 amide bonds. The van der Waals surface area contributed by atoms with Crippen molar-refractivity contribution in [3.63, 3.8) is 0 Å². The molecule has 0 aromatic heterocycles.